The zero-order valence-electron chi connectivity index (χ0n) is 13.6. The number of hydrogen-bond donors (Lipinski definition) is 0. The number of benzene rings is 2. The summed E-state index contributed by atoms with van der Waals surface area (Å²) in [5, 5.41) is 6.18. The minimum absolute atomic E-state index is 0.149. The Morgan fingerprint density at radius 2 is 2.04 bits per heavy atom. The van der Waals surface area contributed by atoms with Crippen molar-refractivity contribution in [3.8, 4) is 18.1 Å². The SMILES string of the molecule is C#CCOc1ccc(/C=C2/C(=O)N(c3ccccc3)N=C2C)cc1Cl. The number of halogens is 1. The maximum Gasteiger partial charge on any atom is 0.280 e. The number of ether oxygens (including phenoxy) is 1. The molecule has 4 nitrogen and oxygen atoms in total. The molecule has 124 valence electrons. The Bertz CT molecular complexity index is 911. The second-order valence-electron chi connectivity index (χ2n) is 5.38. The number of hydrogen-bond acceptors (Lipinski definition) is 3. The predicted molar refractivity (Wildman–Crippen MR) is 101 cm³/mol. The van der Waals surface area contributed by atoms with Crippen LogP contribution < -0.4 is 9.75 Å². The minimum atomic E-state index is -0.174. The fourth-order valence-electron chi connectivity index (χ4n) is 2.44. The predicted octanol–water partition coefficient (Wildman–Crippen LogP) is 4.16. The van der Waals surface area contributed by atoms with Gasteiger partial charge in [-0.05, 0) is 42.8 Å². The van der Waals surface area contributed by atoms with E-state index in [0.717, 1.165) is 11.3 Å². The number of hydrazone groups is 1. The van der Waals surface area contributed by atoms with Crippen LogP contribution in [0.3, 0.4) is 0 Å². The van der Waals surface area contributed by atoms with Crippen molar-refractivity contribution in [2.75, 3.05) is 11.6 Å². The highest BCUT2D eigenvalue weighted by atomic mass is 35.5. The molecule has 0 atom stereocenters. The van der Waals surface area contributed by atoms with Crippen LogP contribution in [0.5, 0.6) is 5.75 Å². The lowest BCUT2D eigenvalue weighted by Crippen LogP contribution is -2.21. The lowest BCUT2D eigenvalue weighted by Gasteiger charge is -2.11. The number of terminal acetylenes is 1. The molecule has 0 unspecified atom stereocenters. The Balaban J connectivity index is 1.87. The minimum Gasteiger partial charge on any atom is -0.479 e. The summed E-state index contributed by atoms with van der Waals surface area (Å²) >= 11 is 6.20. The molecule has 0 aromatic heterocycles. The van der Waals surface area contributed by atoms with Crippen molar-refractivity contribution < 1.29 is 9.53 Å². The van der Waals surface area contributed by atoms with Crippen molar-refractivity contribution in [1.29, 1.82) is 0 Å². The fourth-order valence-corrected chi connectivity index (χ4v) is 2.68. The summed E-state index contributed by atoms with van der Waals surface area (Å²) in [6.07, 6.45) is 6.94. The molecule has 25 heavy (non-hydrogen) atoms. The maximum atomic E-state index is 12.7. The van der Waals surface area contributed by atoms with E-state index in [9.17, 15) is 4.79 Å². The number of amides is 1. The molecule has 1 aliphatic heterocycles. The van der Waals surface area contributed by atoms with Gasteiger partial charge in [-0.15, -0.1) is 6.42 Å². The Hall–Kier alpha value is -3.03. The Morgan fingerprint density at radius 1 is 1.28 bits per heavy atom. The van der Waals surface area contributed by atoms with Gasteiger partial charge < -0.3 is 4.74 Å². The molecule has 2 aromatic carbocycles. The summed E-state index contributed by atoms with van der Waals surface area (Å²) in [6, 6.07) is 14.6. The fraction of sp³-hybridized carbons (Fsp3) is 0.100. The first kappa shape index (κ1) is 16.8. The monoisotopic (exact) mass is 350 g/mol. The van der Waals surface area contributed by atoms with Crippen LogP contribution in [0, 0.1) is 12.3 Å². The highest BCUT2D eigenvalue weighted by Gasteiger charge is 2.28. The average molecular weight is 351 g/mol. The number of carbonyl (C=O) groups excluding carboxylic acids is 1. The van der Waals surface area contributed by atoms with Gasteiger partial charge in [0.1, 0.15) is 12.4 Å². The van der Waals surface area contributed by atoms with Crippen molar-refractivity contribution in [2.45, 2.75) is 6.92 Å². The molecule has 0 fully saturated rings. The van der Waals surface area contributed by atoms with Crippen LogP contribution in [0.25, 0.3) is 6.08 Å². The molecule has 5 heteroatoms. The van der Waals surface area contributed by atoms with Gasteiger partial charge in [0.2, 0.25) is 0 Å². The van der Waals surface area contributed by atoms with Gasteiger partial charge in [-0.3, -0.25) is 4.79 Å². The van der Waals surface area contributed by atoms with Crippen LogP contribution in [0.4, 0.5) is 5.69 Å². The van der Waals surface area contributed by atoms with E-state index in [-0.39, 0.29) is 12.5 Å². The molecule has 0 N–H and O–H groups in total. The van der Waals surface area contributed by atoms with Crippen LogP contribution >= 0.6 is 11.6 Å². The highest BCUT2D eigenvalue weighted by molar-refractivity contribution is 6.33. The van der Waals surface area contributed by atoms with Gasteiger partial charge in [0.05, 0.1) is 22.0 Å². The van der Waals surface area contributed by atoms with Crippen molar-refractivity contribution >= 4 is 35.0 Å². The molecule has 0 spiro atoms. The van der Waals surface area contributed by atoms with Gasteiger partial charge in [0, 0.05) is 0 Å². The van der Waals surface area contributed by atoms with Crippen molar-refractivity contribution in [3.63, 3.8) is 0 Å². The molecule has 0 bridgehead atoms. The quantitative estimate of drug-likeness (QED) is 0.613. The van der Waals surface area contributed by atoms with E-state index in [2.05, 4.69) is 11.0 Å². The van der Waals surface area contributed by atoms with Crippen LogP contribution in [-0.4, -0.2) is 18.2 Å². The summed E-state index contributed by atoms with van der Waals surface area (Å²) in [6.45, 7) is 1.95. The topological polar surface area (TPSA) is 41.9 Å². The molecule has 1 amide bonds. The second-order valence-corrected chi connectivity index (χ2v) is 5.79. The van der Waals surface area contributed by atoms with E-state index in [1.54, 1.807) is 25.1 Å². The molecule has 3 rings (SSSR count). The Labute approximate surface area is 151 Å². The molecule has 1 aliphatic rings. The van der Waals surface area contributed by atoms with Crippen molar-refractivity contribution in [1.82, 2.24) is 0 Å². The number of para-hydroxylation sites is 1. The molecule has 0 aliphatic carbocycles. The summed E-state index contributed by atoms with van der Waals surface area (Å²) in [5.74, 6) is 2.73. The second kappa shape index (κ2) is 7.25. The first-order valence-electron chi connectivity index (χ1n) is 7.63. The summed E-state index contributed by atoms with van der Waals surface area (Å²) < 4.78 is 5.34. The van der Waals surface area contributed by atoms with E-state index in [4.69, 9.17) is 22.8 Å². The number of nitrogens with zero attached hydrogens (tertiary/aromatic N) is 2. The van der Waals surface area contributed by atoms with E-state index in [0.29, 0.717) is 22.1 Å². The molecule has 0 saturated heterocycles. The summed E-state index contributed by atoms with van der Waals surface area (Å²) in [7, 11) is 0. The lowest BCUT2D eigenvalue weighted by atomic mass is 10.1. The van der Waals surface area contributed by atoms with E-state index >= 15 is 0 Å². The van der Waals surface area contributed by atoms with Gasteiger partial charge in [-0.25, -0.2) is 0 Å². The van der Waals surface area contributed by atoms with E-state index in [1.807, 2.05) is 36.4 Å². The first-order chi connectivity index (χ1) is 12.1. The zero-order valence-corrected chi connectivity index (χ0v) is 14.3. The molecule has 0 radical (unpaired) electrons. The smallest absolute Gasteiger partial charge is 0.280 e. The number of rotatable bonds is 4. The van der Waals surface area contributed by atoms with Gasteiger partial charge in [0.15, 0.2) is 0 Å². The van der Waals surface area contributed by atoms with Crippen LogP contribution in [0.1, 0.15) is 12.5 Å². The van der Waals surface area contributed by atoms with Gasteiger partial charge in [-0.2, -0.15) is 10.1 Å². The van der Waals surface area contributed by atoms with Crippen molar-refractivity contribution in [3.05, 3.63) is 64.7 Å². The molecule has 1 heterocycles. The number of carbonyl (C=O) groups is 1. The summed E-state index contributed by atoms with van der Waals surface area (Å²) in [4.78, 5) is 12.7. The zero-order chi connectivity index (χ0) is 17.8. The van der Waals surface area contributed by atoms with E-state index < -0.39 is 0 Å². The standard InChI is InChI=1S/C20H15ClN2O2/c1-3-11-25-19-10-9-15(13-18(19)21)12-17-14(2)22-23(20(17)24)16-7-5-4-6-8-16/h1,4-10,12-13H,11H2,2H3/b17-12+. The largest absolute Gasteiger partial charge is 0.479 e. The third-order valence-corrected chi connectivity index (χ3v) is 3.94. The molecule has 0 saturated carbocycles. The Kier molecular flexibility index (Phi) is 4.87. The highest BCUT2D eigenvalue weighted by Crippen LogP contribution is 2.28. The van der Waals surface area contributed by atoms with Gasteiger partial charge in [0.25, 0.3) is 5.91 Å². The van der Waals surface area contributed by atoms with Gasteiger partial charge in [-0.1, -0.05) is 41.8 Å². The third kappa shape index (κ3) is 3.57. The molecule has 2 aromatic rings. The lowest BCUT2D eigenvalue weighted by molar-refractivity contribution is -0.114. The average Bonchev–Trinajstić information content (AvgIpc) is 2.90. The van der Waals surface area contributed by atoms with Crippen LogP contribution in [0.2, 0.25) is 5.02 Å². The third-order valence-electron chi connectivity index (χ3n) is 3.64. The first-order valence-corrected chi connectivity index (χ1v) is 8.00. The summed E-state index contributed by atoms with van der Waals surface area (Å²) in [5.41, 5.74) is 2.69. The molecular formula is C20H15ClN2O2. The Morgan fingerprint density at radius 3 is 2.72 bits per heavy atom. The number of anilines is 1. The van der Waals surface area contributed by atoms with Crippen molar-refractivity contribution in [2.24, 2.45) is 5.10 Å². The molecular weight excluding hydrogens is 336 g/mol. The normalized spacial score (nSPS) is 15.2. The van der Waals surface area contributed by atoms with Gasteiger partial charge >= 0.3 is 0 Å². The van der Waals surface area contributed by atoms with Crippen LogP contribution in [-0.2, 0) is 4.79 Å². The maximum absolute atomic E-state index is 12.7. The van der Waals surface area contributed by atoms with Crippen LogP contribution in [0.15, 0.2) is 59.2 Å². The van der Waals surface area contributed by atoms with E-state index in [1.165, 1.54) is 5.01 Å².